The maximum atomic E-state index is 12.9. The molecule has 0 aliphatic rings. The molecule has 1 heterocycles. The van der Waals surface area contributed by atoms with Gasteiger partial charge in [0, 0.05) is 30.2 Å². The maximum Gasteiger partial charge on any atom is 0.261 e. The molecule has 0 saturated heterocycles. The van der Waals surface area contributed by atoms with Crippen molar-refractivity contribution < 1.29 is 17.9 Å². The summed E-state index contributed by atoms with van der Waals surface area (Å²) in [7, 11) is -2.33. The number of carbonyl (C=O) groups excluding carboxylic acids is 1. The first-order chi connectivity index (χ1) is 16.9. The number of benzene rings is 3. The molecule has 3 aromatic carbocycles. The number of sulfonamides is 1. The van der Waals surface area contributed by atoms with E-state index in [0.29, 0.717) is 35.5 Å². The number of aryl methyl sites for hydroxylation is 1. The number of ether oxygens (including phenoxy) is 1. The minimum atomic E-state index is -3.87. The zero-order valence-corrected chi connectivity index (χ0v) is 20.2. The average molecular weight is 491 g/mol. The molecule has 180 valence electrons. The van der Waals surface area contributed by atoms with Gasteiger partial charge in [0.2, 0.25) is 0 Å². The predicted octanol–water partition coefficient (Wildman–Crippen LogP) is 3.96. The molecule has 0 aliphatic heterocycles. The van der Waals surface area contributed by atoms with Crippen molar-refractivity contribution in [3.63, 3.8) is 0 Å². The van der Waals surface area contributed by atoms with Gasteiger partial charge in [-0.3, -0.25) is 9.52 Å². The van der Waals surface area contributed by atoms with E-state index in [0.717, 1.165) is 11.3 Å². The molecule has 1 amide bonds. The standard InChI is InChI=1S/C26H26N4O4S/c1-19-4-13-24(35(32,33)29-21-7-11-23(34-2)12-8-21)18-25(19)26(31)27-16-14-20-5-9-22(10-6-20)30-17-3-15-28-30/h3-13,15,17-18,29H,14,16H2,1-2H3,(H,27,31). The van der Waals surface area contributed by atoms with E-state index >= 15 is 0 Å². The van der Waals surface area contributed by atoms with Crippen LogP contribution in [0.15, 0.2) is 90.1 Å². The Hall–Kier alpha value is -4.11. The van der Waals surface area contributed by atoms with Crippen LogP contribution in [-0.4, -0.2) is 37.8 Å². The smallest absolute Gasteiger partial charge is 0.261 e. The second kappa shape index (κ2) is 10.4. The molecule has 0 unspecified atom stereocenters. The van der Waals surface area contributed by atoms with Gasteiger partial charge in [0.05, 0.1) is 17.7 Å². The second-order valence-electron chi connectivity index (χ2n) is 7.93. The van der Waals surface area contributed by atoms with Crippen LogP contribution in [0.5, 0.6) is 5.75 Å². The Bertz CT molecular complexity index is 1400. The Kier molecular flexibility index (Phi) is 7.17. The third-order valence-corrected chi connectivity index (χ3v) is 6.89. The fourth-order valence-corrected chi connectivity index (χ4v) is 4.62. The average Bonchev–Trinajstić information content (AvgIpc) is 3.40. The van der Waals surface area contributed by atoms with E-state index in [4.69, 9.17) is 4.74 Å². The highest BCUT2D eigenvalue weighted by Crippen LogP contribution is 2.21. The van der Waals surface area contributed by atoms with Gasteiger partial charge in [-0.15, -0.1) is 0 Å². The Labute approximate surface area is 204 Å². The molecule has 0 spiro atoms. The number of methoxy groups -OCH3 is 1. The van der Waals surface area contributed by atoms with Gasteiger partial charge >= 0.3 is 0 Å². The normalized spacial score (nSPS) is 11.1. The summed E-state index contributed by atoms with van der Waals surface area (Å²) in [5.74, 6) is 0.299. The van der Waals surface area contributed by atoms with Crippen LogP contribution < -0.4 is 14.8 Å². The number of rotatable bonds is 9. The minimum absolute atomic E-state index is 0.0123. The van der Waals surface area contributed by atoms with Crippen LogP contribution in [0.4, 0.5) is 5.69 Å². The van der Waals surface area contributed by atoms with Crippen LogP contribution in [0.1, 0.15) is 21.5 Å². The molecule has 8 nitrogen and oxygen atoms in total. The van der Waals surface area contributed by atoms with E-state index in [1.165, 1.54) is 19.2 Å². The molecule has 1 aromatic heterocycles. The molecular formula is C26H26N4O4S. The van der Waals surface area contributed by atoms with E-state index in [9.17, 15) is 13.2 Å². The third-order valence-electron chi connectivity index (χ3n) is 5.51. The fraction of sp³-hybridized carbons (Fsp3) is 0.154. The van der Waals surface area contributed by atoms with Crippen LogP contribution in [0.3, 0.4) is 0 Å². The Morgan fingerprint density at radius 2 is 1.77 bits per heavy atom. The fourth-order valence-electron chi connectivity index (χ4n) is 3.54. The lowest BCUT2D eigenvalue weighted by molar-refractivity contribution is 0.0953. The molecule has 9 heteroatoms. The minimum Gasteiger partial charge on any atom is -0.497 e. The highest BCUT2D eigenvalue weighted by Gasteiger charge is 2.18. The number of hydrogen-bond donors (Lipinski definition) is 2. The van der Waals surface area contributed by atoms with Crippen molar-refractivity contribution in [1.82, 2.24) is 15.1 Å². The summed E-state index contributed by atoms with van der Waals surface area (Å²) in [4.78, 5) is 12.8. The van der Waals surface area contributed by atoms with E-state index in [-0.39, 0.29) is 10.8 Å². The lowest BCUT2D eigenvalue weighted by Gasteiger charge is -2.12. The van der Waals surface area contributed by atoms with Crippen LogP contribution >= 0.6 is 0 Å². The monoisotopic (exact) mass is 490 g/mol. The van der Waals surface area contributed by atoms with Crippen molar-refractivity contribution >= 4 is 21.6 Å². The van der Waals surface area contributed by atoms with Gasteiger partial charge in [0.15, 0.2) is 0 Å². The number of amides is 1. The quantitative estimate of drug-likeness (QED) is 0.370. The van der Waals surface area contributed by atoms with E-state index in [1.807, 2.05) is 36.5 Å². The van der Waals surface area contributed by atoms with Crippen molar-refractivity contribution in [3.05, 3.63) is 102 Å². The molecule has 2 N–H and O–H groups in total. The zero-order chi connectivity index (χ0) is 24.8. The molecule has 0 aliphatic carbocycles. The predicted molar refractivity (Wildman–Crippen MR) is 135 cm³/mol. The third kappa shape index (κ3) is 5.88. The first-order valence-corrected chi connectivity index (χ1v) is 12.5. The summed E-state index contributed by atoms with van der Waals surface area (Å²) in [6, 6.07) is 20.9. The molecule has 0 saturated carbocycles. The summed E-state index contributed by atoms with van der Waals surface area (Å²) in [5.41, 5.74) is 3.43. The highest BCUT2D eigenvalue weighted by molar-refractivity contribution is 7.92. The Balaban J connectivity index is 1.39. The summed E-state index contributed by atoms with van der Waals surface area (Å²) in [5, 5.41) is 7.09. The van der Waals surface area contributed by atoms with Crippen molar-refractivity contribution in [1.29, 1.82) is 0 Å². The van der Waals surface area contributed by atoms with Crippen molar-refractivity contribution in [2.45, 2.75) is 18.2 Å². The number of anilines is 1. The number of nitrogens with one attached hydrogen (secondary N) is 2. The Morgan fingerprint density at radius 3 is 2.43 bits per heavy atom. The zero-order valence-electron chi connectivity index (χ0n) is 19.4. The first-order valence-electron chi connectivity index (χ1n) is 11.0. The van der Waals surface area contributed by atoms with Gasteiger partial charge in [0.1, 0.15) is 5.75 Å². The molecule has 0 atom stereocenters. The summed E-state index contributed by atoms with van der Waals surface area (Å²) in [6.07, 6.45) is 4.24. The molecule has 4 rings (SSSR count). The number of carbonyl (C=O) groups is 1. The van der Waals surface area contributed by atoms with Gasteiger partial charge in [-0.05, 0) is 79.1 Å². The van der Waals surface area contributed by atoms with Gasteiger partial charge in [-0.1, -0.05) is 18.2 Å². The summed E-state index contributed by atoms with van der Waals surface area (Å²) >= 11 is 0. The molecule has 0 fully saturated rings. The van der Waals surface area contributed by atoms with Gasteiger partial charge in [-0.2, -0.15) is 5.10 Å². The second-order valence-corrected chi connectivity index (χ2v) is 9.62. The molecule has 4 aromatic rings. The molecule has 35 heavy (non-hydrogen) atoms. The maximum absolute atomic E-state index is 12.9. The van der Waals surface area contributed by atoms with Crippen molar-refractivity contribution in [2.75, 3.05) is 18.4 Å². The first kappa shape index (κ1) is 24.0. The molecule has 0 bridgehead atoms. The van der Waals surface area contributed by atoms with Gasteiger partial charge < -0.3 is 10.1 Å². The van der Waals surface area contributed by atoms with Gasteiger partial charge in [0.25, 0.3) is 15.9 Å². The molecular weight excluding hydrogens is 464 g/mol. The van der Waals surface area contributed by atoms with Crippen LogP contribution in [-0.2, 0) is 16.4 Å². The number of hydrogen-bond acceptors (Lipinski definition) is 5. The van der Waals surface area contributed by atoms with E-state index in [1.54, 1.807) is 48.1 Å². The van der Waals surface area contributed by atoms with Crippen LogP contribution in [0.2, 0.25) is 0 Å². The van der Waals surface area contributed by atoms with Gasteiger partial charge in [-0.25, -0.2) is 13.1 Å². The summed E-state index contributed by atoms with van der Waals surface area (Å²) < 4.78 is 35.1. The van der Waals surface area contributed by atoms with E-state index < -0.39 is 10.0 Å². The lowest BCUT2D eigenvalue weighted by Crippen LogP contribution is -2.27. The Morgan fingerprint density at radius 1 is 1.03 bits per heavy atom. The SMILES string of the molecule is COc1ccc(NS(=O)(=O)c2ccc(C)c(C(=O)NCCc3ccc(-n4cccn4)cc3)c2)cc1. The van der Waals surface area contributed by atoms with E-state index in [2.05, 4.69) is 15.1 Å². The topological polar surface area (TPSA) is 102 Å². The number of nitrogens with zero attached hydrogens (tertiary/aromatic N) is 2. The lowest BCUT2D eigenvalue weighted by atomic mass is 10.1. The highest BCUT2D eigenvalue weighted by atomic mass is 32.2. The van der Waals surface area contributed by atoms with Crippen LogP contribution in [0.25, 0.3) is 5.69 Å². The molecule has 0 radical (unpaired) electrons. The largest absolute Gasteiger partial charge is 0.497 e. The summed E-state index contributed by atoms with van der Waals surface area (Å²) in [6.45, 7) is 2.19. The van der Waals surface area contributed by atoms with Crippen molar-refractivity contribution in [3.8, 4) is 11.4 Å². The van der Waals surface area contributed by atoms with Crippen LogP contribution in [0, 0.1) is 6.92 Å². The number of aromatic nitrogens is 2. The van der Waals surface area contributed by atoms with Crippen molar-refractivity contribution in [2.24, 2.45) is 0 Å².